The van der Waals surface area contributed by atoms with Crippen LogP contribution in [-0.4, -0.2) is 14.9 Å². The summed E-state index contributed by atoms with van der Waals surface area (Å²) in [7, 11) is 0. The van der Waals surface area contributed by atoms with Gasteiger partial charge in [-0.15, -0.1) is 0 Å². The summed E-state index contributed by atoms with van der Waals surface area (Å²) >= 11 is 0. The van der Waals surface area contributed by atoms with Gasteiger partial charge >= 0.3 is 0 Å². The molecular weight excluding hydrogens is 400 g/mol. The van der Waals surface area contributed by atoms with Gasteiger partial charge in [0.25, 0.3) is 5.69 Å². The van der Waals surface area contributed by atoms with Gasteiger partial charge in [0, 0.05) is 34.5 Å². The van der Waals surface area contributed by atoms with Crippen molar-refractivity contribution in [1.29, 1.82) is 0 Å². The van der Waals surface area contributed by atoms with Crippen LogP contribution in [0.25, 0.3) is 44.7 Å². The van der Waals surface area contributed by atoms with Crippen LogP contribution in [0.3, 0.4) is 0 Å². The molecule has 0 saturated heterocycles. The number of rotatable bonds is 4. The number of nitrogens with two attached hydrogens (primary N) is 1. The predicted octanol–water partition coefficient (Wildman–Crippen LogP) is 6.12. The standard InChI is InChI=1S/C26H18N4O2/c27-21-15-16-22-26(23(21)17-11-13-20(14-12-17)30(31)32)29-25(19-9-5-2-6-10-19)24(28-22)18-7-3-1-4-8-18/h1-16H,27H2. The topological polar surface area (TPSA) is 94.9 Å². The van der Waals surface area contributed by atoms with Gasteiger partial charge in [0.15, 0.2) is 0 Å². The molecule has 0 radical (unpaired) electrons. The van der Waals surface area contributed by atoms with E-state index in [0.717, 1.165) is 28.1 Å². The van der Waals surface area contributed by atoms with Crippen molar-refractivity contribution in [3.8, 4) is 33.6 Å². The van der Waals surface area contributed by atoms with Crippen molar-refractivity contribution in [3.05, 3.63) is 107 Å². The van der Waals surface area contributed by atoms with Gasteiger partial charge in [-0.05, 0) is 29.8 Å². The Kier molecular flexibility index (Phi) is 4.80. The quantitative estimate of drug-likeness (QED) is 0.215. The molecule has 0 unspecified atom stereocenters. The summed E-state index contributed by atoms with van der Waals surface area (Å²) in [6, 6.07) is 29.8. The third-order valence-electron chi connectivity index (χ3n) is 5.33. The fourth-order valence-electron chi connectivity index (χ4n) is 3.79. The number of nitro benzene ring substituents is 1. The molecule has 5 rings (SSSR count). The van der Waals surface area contributed by atoms with E-state index in [1.54, 1.807) is 18.2 Å². The summed E-state index contributed by atoms with van der Waals surface area (Å²) < 4.78 is 0. The lowest BCUT2D eigenvalue weighted by Crippen LogP contribution is -1.99. The highest BCUT2D eigenvalue weighted by molar-refractivity contribution is 6.00. The van der Waals surface area contributed by atoms with Crippen LogP contribution in [0.1, 0.15) is 0 Å². The molecule has 0 aliphatic carbocycles. The summed E-state index contributed by atoms with van der Waals surface area (Å²) in [5.74, 6) is 0. The first-order chi connectivity index (χ1) is 15.6. The van der Waals surface area contributed by atoms with Crippen LogP contribution < -0.4 is 5.73 Å². The minimum absolute atomic E-state index is 0.0231. The number of benzene rings is 4. The lowest BCUT2D eigenvalue weighted by molar-refractivity contribution is -0.384. The number of aromatic nitrogens is 2. The van der Waals surface area contributed by atoms with Gasteiger partial charge in [-0.1, -0.05) is 60.7 Å². The summed E-state index contributed by atoms with van der Waals surface area (Å²) in [5, 5.41) is 11.1. The van der Waals surface area contributed by atoms with Crippen molar-refractivity contribution in [2.45, 2.75) is 0 Å². The monoisotopic (exact) mass is 418 g/mol. The van der Waals surface area contributed by atoms with Crippen molar-refractivity contribution in [2.75, 3.05) is 5.73 Å². The van der Waals surface area contributed by atoms with Gasteiger partial charge in [-0.25, -0.2) is 9.97 Å². The van der Waals surface area contributed by atoms with Crippen LogP contribution in [0.4, 0.5) is 11.4 Å². The molecule has 32 heavy (non-hydrogen) atoms. The molecule has 0 fully saturated rings. The SMILES string of the molecule is Nc1ccc2nc(-c3ccccc3)c(-c3ccccc3)nc2c1-c1ccc([N+](=O)[O-])cc1. The highest BCUT2D eigenvalue weighted by Crippen LogP contribution is 2.37. The molecule has 0 saturated carbocycles. The molecule has 6 nitrogen and oxygen atoms in total. The minimum Gasteiger partial charge on any atom is -0.398 e. The van der Waals surface area contributed by atoms with Gasteiger partial charge in [0.1, 0.15) is 0 Å². The number of nitro groups is 1. The van der Waals surface area contributed by atoms with E-state index in [1.165, 1.54) is 12.1 Å². The average Bonchev–Trinajstić information content (AvgIpc) is 2.84. The highest BCUT2D eigenvalue weighted by Gasteiger charge is 2.17. The highest BCUT2D eigenvalue weighted by atomic mass is 16.6. The Labute approximate surface area is 184 Å². The Morgan fingerprint density at radius 3 is 1.78 bits per heavy atom. The zero-order valence-corrected chi connectivity index (χ0v) is 17.0. The van der Waals surface area contributed by atoms with E-state index in [0.29, 0.717) is 22.3 Å². The Bertz CT molecular complexity index is 1430. The van der Waals surface area contributed by atoms with Crippen LogP contribution in [-0.2, 0) is 0 Å². The van der Waals surface area contributed by atoms with E-state index < -0.39 is 4.92 Å². The smallest absolute Gasteiger partial charge is 0.269 e. The Balaban J connectivity index is 1.80. The summed E-state index contributed by atoms with van der Waals surface area (Å²) in [6.07, 6.45) is 0. The van der Waals surface area contributed by atoms with Crippen LogP contribution in [0.2, 0.25) is 0 Å². The summed E-state index contributed by atoms with van der Waals surface area (Å²) in [5.41, 5.74) is 13.2. The maximum Gasteiger partial charge on any atom is 0.269 e. The lowest BCUT2D eigenvalue weighted by Gasteiger charge is -2.14. The zero-order valence-electron chi connectivity index (χ0n) is 17.0. The van der Waals surface area contributed by atoms with Gasteiger partial charge in [0.2, 0.25) is 0 Å². The fourth-order valence-corrected chi connectivity index (χ4v) is 3.79. The van der Waals surface area contributed by atoms with Crippen LogP contribution in [0.15, 0.2) is 97.1 Å². The largest absolute Gasteiger partial charge is 0.398 e. The third-order valence-corrected chi connectivity index (χ3v) is 5.33. The molecule has 2 N–H and O–H groups in total. The molecule has 1 heterocycles. The van der Waals surface area contributed by atoms with Crippen molar-refractivity contribution in [2.24, 2.45) is 0 Å². The Hall–Kier alpha value is -4.58. The minimum atomic E-state index is -0.421. The number of hydrogen-bond donors (Lipinski definition) is 1. The van der Waals surface area contributed by atoms with E-state index in [4.69, 9.17) is 15.7 Å². The number of fused-ring (bicyclic) bond motifs is 1. The van der Waals surface area contributed by atoms with E-state index in [2.05, 4.69) is 0 Å². The van der Waals surface area contributed by atoms with E-state index >= 15 is 0 Å². The van der Waals surface area contributed by atoms with Crippen molar-refractivity contribution >= 4 is 22.4 Å². The molecule has 154 valence electrons. The molecule has 4 aromatic carbocycles. The first-order valence-corrected chi connectivity index (χ1v) is 10.1. The second-order valence-corrected chi connectivity index (χ2v) is 7.35. The average molecular weight is 418 g/mol. The molecule has 5 aromatic rings. The lowest BCUT2D eigenvalue weighted by atomic mass is 9.99. The molecule has 0 spiro atoms. The Morgan fingerprint density at radius 2 is 1.22 bits per heavy atom. The Morgan fingerprint density at radius 1 is 0.656 bits per heavy atom. The second-order valence-electron chi connectivity index (χ2n) is 7.35. The maximum atomic E-state index is 11.1. The van der Waals surface area contributed by atoms with Gasteiger partial charge < -0.3 is 5.73 Å². The molecule has 0 amide bonds. The number of nitrogens with zero attached hydrogens (tertiary/aromatic N) is 3. The number of nitrogen functional groups attached to an aromatic ring is 1. The molecule has 1 aromatic heterocycles. The van der Waals surface area contributed by atoms with E-state index in [-0.39, 0.29) is 5.69 Å². The fraction of sp³-hybridized carbons (Fsp3) is 0. The van der Waals surface area contributed by atoms with Crippen LogP contribution in [0, 0.1) is 10.1 Å². The van der Waals surface area contributed by atoms with Gasteiger partial charge in [0.05, 0.1) is 27.3 Å². The van der Waals surface area contributed by atoms with Crippen LogP contribution >= 0.6 is 0 Å². The van der Waals surface area contributed by atoms with E-state index in [1.807, 2.05) is 66.7 Å². The molecule has 0 aliphatic heterocycles. The third kappa shape index (κ3) is 3.44. The molecule has 0 bridgehead atoms. The number of hydrogen-bond acceptors (Lipinski definition) is 5. The summed E-state index contributed by atoms with van der Waals surface area (Å²) in [4.78, 5) is 20.6. The zero-order chi connectivity index (χ0) is 22.1. The van der Waals surface area contributed by atoms with Crippen molar-refractivity contribution < 1.29 is 4.92 Å². The van der Waals surface area contributed by atoms with Gasteiger partial charge in [-0.2, -0.15) is 0 Å². The van der Waals surface area contributed by atoms with Crippen molar-refractivity contribution in [3.63, 3.8) is 0 Å². The molecular formula is C26H18N4O2. The van der Waals surface area contributed by atoms with Gasteiger partial charge in [-0.3, -0.25) is 10.1 Å². The predicted molar refractivity (Wildman–Crippen MR) is 127 cm³/mol. The molecule has 6 heteroatoms. The van der Waals surface area contributed by atoms with Crippen LogP contribution in [0.5, 0.6) is 0 Å². The second kappa shape index (κ2) is 7.92. The maximum absolute atomic E-state index is 11.1. The normalized spacial score (nSPS) is 10.9. The van der Waals surface area contributed by atoms with Crippen molar-refractivity contribution in [1.82, 2.24) is 9.97 Å². The first kappa shape index (κ1) is 19.4. The van der Waals surface area contributed by atoms with E-state index in [9.17, 15) is 10.1 Å². The molecule has 0 atom stereocenters. The molecule has 0 aliphatic rings. The summed E-state index contributed by atoms with van der Waals surface area (Å²) in [6.45, 7) is 0. The number of non-ortho nitro benzene ring substituents is 1. The first-order valence-electron chi connectivity index (χ1n) is 10.1. The number of anilines is 1.